The third-order valence-electron chi connectivity index (χ3n) is 3.75. The Labute approximate surface area is 153 Å². The van der Waals surface area contributed by atoms with Crippen LogP contribution in [0.5, 0.6) is 0 Å². The first-order valence-corrected chi connectivity index (χ1v) is 8.00. The Morgan fingerprint density at radius 3 is 2.26 bits per heavy atom. The summed E-state index contributed by atoms with van der Waals surface area (Å²) in [5, 5.41) is 15.8. The molecule has 2 aromatic rings. The molecular weight excluding hydrogens is 360 g/mol. The van der Waals surface area contributed by atoms with Crippen molar-refractivity contribution in [3.63, 3.8) is 0 Å². The van der Waals surface area contributed by atoms with Crippen molar-refractivity contribution in [3.8, 4) is 0 Å². The molecule has 0 spiro atoms. The summed E-state index contributed by atoms with van der Waals surface area (Å²) in [7, 11) is 0. The lowest BCUT2D eigenvalue weighted by atomic mass is 10.0. The normalized spacial score (nSPS) is 11.7. The third kappa shape index (κ3) is 5.06. The van der Waals surface area contributed by atoms with E-state index >= 15 is 0 Å². The van der Waals surface area contributed by atoms with E-state index in [1.54, 1.807) is 13.8 Å². The minimum Gasteiger partial charge on any atom is -0.340 e. The minimum atomic E-state index is -1.02. The van der Waals surface area contributed by atoms with Gasteiger partial charge in [-0.3, -0.25) is 19.7 Å². The molecule has 142 valence electrons. The number of halogens is 2. The Bertz CT molecular complexity index is 869. The number of carbonyl (C=O) groups is 2. The summed E-state index contributed by atoms with van der Waals surface area (Å²) in [5.41, 5.74) is -0.578. The fraction of sp³-hybridized carbons (Fsp3) is 0.222. The van der Waals surface area contributed by atoms with Gasteiger partial charge < -0.3 is 10.6 Å². The van der Waals surface area contributed by atoms with Crippen LogP contribution in [0.4, 0.5) is 20.2 Å². The third-order valence-corrected chi connectivity index (χ3v) is 3.75. The molecule has 0 bridgehead atoms. The van der Waals surface area contributed by atoms with E-state index in [9.17, 15) is 28.5 Å². The predicted molar refractivity (Wildman–Crippen MR) is 94.2 cm³/mol. The first kappa shape index (κ1) is 20.0. The van der Waals surface area contributed by atoms with Crippen molar-refractivity contribution in [3.05, 3.63) is 69.8 Å². The summed E-state index contributed by atoms with van der Waals surface area (Å²) in [6, 6.07) is 6.79. The fourth-order valence-corrected chi connectivity index (χ4v) is 2.31. The van der Waals surface area contributed by atoms with Crippen LogP contribution >= 0.6 is 0 Å². The fourth-order valence-electron chi connectivity index (χ4n) is 2.31. The van der Waals surface area contributed by atoms with Crippen LogP contribution in [0.15, 0.2) is 42.5 Å². The molecule has 0 saturated heterocycles. The van der Waals surface area contributed by atoms with Crippen molar-refractivity contribution >= 4 is 23.2 Å². The van der Waals surface area contributed by atoms with Gasteiger partial charge in [0.25, 0.3) is 5.91 Å². The van der Waals surface area contributed by atoms with Crippen LogP contribution in [0.2, 0.25) is 0 Å². The van der Waals surface area contributed by atoms with Crippen molar-refractivity contribution in [2.45, 2.75) is 19.9 Å². The zero-order valence-corrected chi connectivity index (χ0v) is 14.5. The monoisotopic (exact) mass is 377 g/mol. The Balaban J connectivity index is 2.15. The van der Waals surface area contributed by atoms with Crippen molar-refractivity contribution < 1.29 is 23.3 Å². The van der Waals surface area contributed by atoms with E-state index in [0.29, 0.717) is 0 Å². The molecule has 0 aliphatic rings. The second kappa shape index (κ2) is 8.35. The molecule has 2 rings (SSSR count). The van der Waals surface area contributed by atoms with Gasteiger partial charge in [0.15, 0.2) is 0 Å². The maximum atomic E-state index is 13.4. The number of benzene rings is 2. The van der Waals surface area contributed by atoms with Gasteiger partial charge in [0.1, 0.15) is 11.9 Å². The highest BCUT2D eigenvalue weighted by Gasteiger charge is 2.25. The van der Waals surface area contributed by atoms with Gasteiger partial charge in [-0.2, -0.15) is 4.39 Å². The van der Waals surface area contributed by atoms with Crippen LogP contribution in [0.1, 0.15) is 24.2 Å². The number of amides is 2. The molecule has 0 heterocycles. The van der Waals surface area contributed by atoms with Gasteiger partial charge in [0, 0.05) is 17.3 Å². The van der Waals surface area contributed by atoms with Crippen molar-refractivity contribution in [2.24, 2.45) is 5.92 Å². The van der Waals surface area contributed by atoms with Crippen molar-refractivity contribution in [1.29, 1.82) is 0 Å². The molecule has 1 unspecified atom stereocenters. The molecule has 0 radical (unpaired) electrons. The predicted octanol–water partition coefficient (Wildman–Crippen LogP) is 3.27. The second-order valence-corrected chi connectivity index (χ2v) is 6.11. The SMILES string of the molecule is CC(C)C(NC(=O)c1ccc(F)cc1)C(=O)Nc1ccc(F)c([N+](=O)[O-])c1. The van der Waals surface area contributed by atoms with E-state index in [0.717, 1.165) is 24.3 Å². The molecule has 0 aliphatic carbocycles. The molecular formula is C18H17F2N3O4. The minimum absolute atomic E-state index is 0.0229. The second-order valence-electron chi connectivity index (χ2n) is 6.11. The van der Waals surface area contributed by atoms with Gasteiger partial charge in [-0.15, -0.1) is 0 Å². The average Bonchev–Trinajstić information content (AvgIpc) is 2.61. The van der Waals surface area contributed by atoms with Gasteiger partial charge in [0.2, 0.25) is 11.7 Å². The summed E-state index contributed by atoms with van der Waals surface area (Å²) in [4.78, 5) is 34.7. The molecule has 1 atom stereocenters. The van der Waals surface area contributed by atoms with Crippen molar-refractivity contribution in [2.75, 3.05) is 5.32 Å². The molecule has 0 saturated carbocycles. The van der Waals surface area contributed by atoms with Crippen LogP contribution in [0.25, 0.3) is 0 Å². The van der Waals surface area contributed by atoms with E-state index in [4.69, 9.17) is 0 Å². The van der Waals surface area contributed by atoms with Crippen LogP contribution in [0.3, 0.4) is 0 Å². The topological polar surface area (TPSA) is 101 Å². The van der Waals surface area contributed by atoms with Gasteiger partial charge in [0.05, 0.1) is 4.92 Å². The first-order chi connectivity index (χ1) is 12.7. The van der Waals surface area contributed by atoms with Gasteiger partial charge >= 0.3 is 5.69 Å². The number of anilines is 1. The Morgan fingerprint density at radius 2 is 1.70 bits per heavy atom. The molecule has 27 heavy (non-hydrogen) atoms. The number of hydrogen-bond donors (Lipinski definition) is 2. The van der Waals surface area contributed by atoms with Crippen LogP contribution in [0, 0.1) is 27.7 Å². The van der Waals surface area contributed by atoms with E-state index in [2.05, 4.69) is 10.6 Å². The summed E-state index contributed by atoms with van der Waals surface area (Å²) < 4.78 is 26.4. The first-order valence-electron chi connectivity index (χ1n) is 8.00. The number of nitro groups is 1. The Hall–Kier alpha value is -3.36. The van der Waals surface area contributed by atoms with Gasteiger partial charge in [-0.1, -0.05) is 13.8 Å². The number of nitrogens with one attached hydrogen (secondary N) is 2. The maximum Gasteiger partial charge on any atom is 0.306 e. The zero-order valence-electron chi connectivity index (χ0n) is 14.5. The van der Waals surface area contributed by atoms with Crippen LogP contribution in [-0.4, -0.2) is 22.8 Å². The van der Waals surface area contributed by atoms with E-state index < -0.39 is 40.1 Å². The number of hydrogen-bond acceptors (Lipinski definition) is 4. The lowest BCUT2D eigenvalue weighted by Crippen LogP contribution is -2.47. The van der Waals surface area contributed by atoms with E-state index in [-0.39, 0.29) is 17.2 Å². The molecule has 2 aromatic carbocycles. The highest BCUT2D eigenvalue weighted by atomic mass is 19.1. The van der Waals surface area contributed by atoms with Gasteiger partial charge in [-0.05, 0) is 42.3 Å². The lowest BCUT2D eigenvalue weighted by Gasteiger charge is -2.21. The molecule has 9 heteroatoms. The van der Waals surface area contributed by atoms with E-state index in [1.165, 1.54) is 18.2 Å². The van der Waals surface area contributed by atoms with Crippen molar-refractivity contribution in [1.82, 2.24) is 5.32 Å². The van der Waals surface area contributed by atoms with Gasteiger partial charge in [-0.25, -0.2) is 4.39 Å². The summed E-state index contributed by atoms with van der Waals surface area (Å²) in [6.07, 6.45) is 0. The van der Waals surface area contributed by atoms with Crippen LogP contribution < -0.4 is 10.6 Å². The quantitative estimate of drug-likeness (QED) is 0.596. The number of nitro benzene ring substituents is 1. The standard InChI is InChI=1S/C18H17F2N3O4/c1-10(2)16(22-17(24)11-3-5-12(19)6-4-11)18(25)21-13-7-8-14(20)15(9-13)23(26)27/h3-10,16H,1-2H3,(H,21,25)(H,22,24). The smallest absolute Gasteiger partial charge is 0.306 e. The Morgan fingerprint density at radius 1 is 1.07 bits per heavy atom. The maximum absolute atomic E-state index is 13.4. The molecule has 0 aliphatic heterocycles. The average molecular weight is 377 g/mol. The molecule has 2 N–H and O–H groups in total. The van der Waals surface area contributed by atoms with E-state index in [1.807, 2.05) is 0 Å². The summed E-state index contributed by atoms with van der Waals surface area (Å²) >= 11 is 0. The summed E-state index contributed by atoms with van der Waals surface area (Å²) in [6.45, 7) is 3.39. The lowest BCUT2D eigenvalue weighted by molar-refractivity contribution is -0.387. The number of carbonyl (C=O) groups excluding carboxylic acids is 2. The molecule has 2 amide bonds. The zero-order chi connectivity index (χ0) is 20.1. The number of nitrogens with zero attached hydrogens (tertiary/aromatic N) is 1. The number of rotatable bonds is 6. The van der Waals surface area contributed by atoms with Crippen LogP contribution in [-0.2, 0) is 4.79 Å². The Kier molecular flexibility index (Phi) is 6.17. The molecule has 0 fully saturated rings. The summed E-state index contributed by atoms with van der Waals surface area (Å²) in [5.74, 6) is -3.04. The molecule has 7 nitrogen and oxygen atoms in total. The highest BCUT2D eigenvalue weighted by Crippen LogP contribution is 2.22. The largest absolute Gasteiger partial charge is 0.340 e. The highest BCUT2D eigenvalue weighted by molar-refractivity contribution is 6.01. The molecule has 0 aromatic heterocycles.